The average Bonchev–Trinajstić information content (AvgIpc) is 3.55. The first-order valence-electron chi connectivity index (χ1n) is 16.5. The number of alkyl halides is 6. The van der Waals surface area contributed by atoms with E-state index in [0.717, 1.165) is 58.2 Å². The number of ether oxygens (including phenoxy) is 2. The number of halogens is 6. The molecule has 0 spiro atoms. The predicted molar refractivity (Wildman–Crippen MR) is 181 cm³/mol. The van der Waals surface area contributed by atoms with Crippen LogP contribution in [-0.4, -0.2) is 60.2 Å². The Morgan fingerprint density at radius 1 is 1.06 bits per heavy atom. The molecule has 1 aliphatic heterocycles. The van der Waals surface area contributed by atoms with Crippen LogP contribution in [0.3, 0.4) is 0 Å². The molecule has 12 heteroatoms. The number of carboxylic acid groups (broad SMARTS) is 1. The van der Waals surface area contributed by atoms with Crippen LogP contribution in [0.25, 0.3) is 16.7 Å². The molecule has 5 rings (SSSR count). The molecule has 272 valence electrons. The molecule has 0 saturated carbocycles. The molecule has 1 N–H and O–H groups in total. The summed E-state index contributed by atoms with van der Waals surface area (Å²) in [5.41, 5.74) is 5.48. The zero-order valence-electron chi connectivity index (χ0n) is 28.9. The summed E-state index contributed by atoms with van der Waals surface area (Å²) in [7, 11) is 1.56. The molecular weight excluding hydrogens is 676 g/mol. The van der Waals surface area contributed by atoms with Crippen LogP contribution in [0.5, 0.6) is 5.75 Å². The second-order valence-corrected chi connectivity index (χ2v) is 13.1. The Morgan fingerprint density at radius 2 is 1.76 bits per heavy atom. The summed E-state index contributed by atoms with van der Waals surface area (Å²) >= 11 is 0. The number of benzene rings is 2. The molecule has 1 fully saturated rings. The summed E-state index contributed by atoms with van der Waals surface area (Å²) in [5, 5.41) is 9.49. The van der Waals surface area contributed by atoms with Crippen molar-refractivity contribution in [1.82, 2.24) is 4.90 Å². The Labute approximate surface area is 292 Å². The summed E-state index contributed by atoms with van der Waals surface area (Å²) in [6, 6.07) is 8.00. The second-order valence-electron chi connectivity index (χ2n) is 13.1. The zero-order chi connectivity index (χ0) is 37.4. The molecule has 1 amide bonds. The molecule has 2 aromatic rings. The van der Waals surface area contributed by atoms with E-state index in [1.54, 1.807) is 32.2 Å². The minimum absolute atomic E-state index is 0.0602. The van der Waals surface area contributed by atoms with E-state index in [1.165, 1.54) is 16.0 Å². The van der Waals surface area contributed by atoms with Crippen molar-refractivity contribution in [3.8, 4) is 16.9 Å². The lowest BCUT2D eigenvalue weighted by molar-refractivity contribution is -0.0955. The van der Waals surface area contributed by atoms with E-state index in [4.69, 9.17) is 9.47 Å². The average molecular weight is 716 g/mol. The molecule has 2 aliphatic carbocycles. The lowest BCUT2D eigenvalue weighted by atomic mass is 9.86. The van der Waals surface area contributed by atoms with Crippen molar-refractivity contribution in [1.29, 1.82) is 0 Å². The van der Waals surface area contributed by atoms with Gasteiger partial charge in [-0.1, -0.05) is 35.9 Å². The van der Waals surface area contributed by atoms with Crippen molar-refractivity contribution in [2.24, 2.45) is 0 Å². The first kappa shape index (κ1) is 37.5. The maximum Gasteiger partial charge on any atom is 0.416 e. The third kappa shape index (κ3) is 7.94. The number of amides is 1. The molecule has 0 bridgehead atoms. The number of hydrogen-bond acceptors (Lipinski definition) is 4. The van der Waals surface area contributed by atoms with Gasteiger partial charge in [-0.25, -0.2) is 9.59 Å². The van der Waals surface area contributed by atoms with Crippen molar-refractivity contribution in [2.75, 3.05) is 13.7 Å². The number of allylic oxidation sites excluding steroid dienone is 7. The van der Waals surface area contributed by atoms with Crippen molar-refractivity contribution >= 4 is 17.6 Å². The molecule has 0 radical (unpaired) electrons. The van der Waals surface area contributed by atoms with E-state index in [0.29, 0.717) is 25.2 Å². The van der Waals surface area contributed by atoms with Gasteiger partial charge >= 0.3 is 24.4 Å². The largest absolute Gasteiger partial charge is 0.496 e. The summed E-state index contributed by atoms with van der Waals surface area (Å²) < 4.78 is 91.6. The number of aryl methyl sites for hydroxylation is 1. The Kier molecular flexibility index (Phi) is 10.6. The standard InChI is InChI=1S/C39H39F6NO5/c1-21-17-27(36(47)48)11-13-30(21)31-14-16-34(50-5)35(23(31)3)32-19-26-8-6-7-25(26)9-10-28(32)20-46-24(4)33(51-37(46)49)15-12-29(39(43,44)45)18-22(2)38(40,41)42/h10-14,16-19,24,33H,6-9,15,20H2,1-5H3,(H,47,48)/b22-18+,29-12+. The highest BCUT2D eigenvalue weighted by Gasteiger charge is 2.41. The van der Waals surface area contributed by atoms with Gasteiger partial charge in [0, 0.05) is 24.1 Å². The Bertz CT molecular complexity index is 1900. The quantitative estimate of drug-likeness (QED) is 0.207. The fourth-order valence-electron chi connectivity index (χ4n) is 6.94. The minimum Gasteiger partial charge on any atom is -0.496 e. The van der Waals surface area contributed by atoms with Gasteiger partial charge < -0.3 is 14.6 Å². The number of aromatic carboxylic acids is 1. The van der Waals surface area contributed by atoms with Gasteiger partial charge in [-0.2, -0.15) is 26.3 Å². The number of carboxylic acids is 1. The van der Waals surface area contributed by atoms with Crippen LogP contribution in [0, 0.1) is 13.8 Å². The number of hydrogen-bond donors (Lipinski definition) is 1. The molecule has 2 unspecified atom stereocenters. The summed E-state index contributed by atoms with van der Waals surface area (Å²) in [6.07, 6.45) is -3.86. The summed E-state index contributed by atoms with van der Waals surface area (Å²) in [6.45, 7) is 6.06. The number of carbonyl (C=O) groups excluding carboxylic acids is 1. The van der Waals surface area contributed by atoms with Crippen LogP contribution in [0.2, 0.25) is 0 Å². The van der Waals surface area contributed by atoms with Crippen molar-refractivity contribution in [3.05, 3.63) is 105 Å². The van der Waals surface area contributed by atoms with E-state index >= 15 is 0 Å². The van der Waals surface area contributed by atoms with Crippen LogP contribution in [0.4, 0.5) is 31.1 Å². The van der Waals surface area contributed by atoms with Crippen LogP contribution in [0.1, 0.15) is 73.0 Å². The molecule has 1 saturated heterocycles. The Balaban J connectivity index is 1.51. The molecule has 0 aromatic heterocycles. The van der Waals surface area contributed by atoms with E-state index in [1.807, 2.05) is 26.0 Å². The number of nitrogens with zero attached hydrogens (tertiary/aromatic N) is 1. The zero-order valence-corrected chi connectivity index (χ0v) is 28.9. The maximum atomic E-state index is 13.7. The summed E-state index contributed by atoms with van der Waals surface area (Å²) in [4.78, 5) is 26.3. The Hall–Kier alpha value is -4.74. The fourth-order valence-corrected chi connectivity index (χ4v) is 6.94. The van der Waals surface area contributed by atoms with E-state index < -0.39 is 54.1 Å². The highest BCUT2D eigenvalue weighted by molar-refractivity contribution is 5.92. The Morgan fingerprint density at radius 3 is 2.39 bits per heavy atom. The highest BCUT2D eigenvalue weighted by Crippen LogP contribution is 2.44. The molecule has 1 heterocycles. The number of rotatable bonds is 9. The van der Waals surface area contributed by atoms with Gasteiger partial charge in [-0.15, -0.1) is 0 Å². The van der Waals surface area contributed by atoms with Crippen LogP contribution in [0.15, 0.2) is 82.5 Å². The van der Waals surface area contributed by atoms with Crippen molar-refractivity contribution in [3.63, 3.8) is 0 Å². The van der Waals surface area contributed by atoms with Gasteiger partial charge in [0.25, 0.3) is 0 Å². The van der Waals surface area contributed by atoms with E-state index in [2.05, 4.69) is 12.2 Å². The monoisotopic (exact) mass is 715 g/mol. The maximum absolute atomic E-state index is 13.7. The normalized spacial score (nSPS) is 20.2. The molecule has 51 heavy (non-hydrogen) atoms. The van der Waals surface area contributed by atoms with E-state index in [9.17, 15) is 41.0 Å². The minimum atomic E-state index is -5.04. The number of carbonyl (C=O) groups is 2. The molecule has 6 nitrogen and oxygen atoms in total. The molecule has 2 atom stereocenters. The predicted octanol–water partition coefficient (Wildman–Crippen LogP) is 10.5. The molecule has 2 aromatic carbocycles. The van der Waals surface area contributed by atoms with Crippen LogP contribution in [-0.2, 0) is 4.74 Å². The first-order chi connectivity index (χ1) is 23.9. The van der Waals surface area contributed by atoms with Gasteiger partial charge in [0.2, 0.25) is 0 Å². The SMILES string of the molecule is COc1ccc(-c2ccc(C(=O)O)cc2C)c(C)c1C1=CC2=C(CC=C1CN1C(=O)OC(C/C=C(\C=C(/C)C(F)(F)F)C(F)(F)F)C1C)CCC2. The van der Waals surface area contributed by atoms with Gasteiger partial charge in [0.15, 0.2) is 0 Å². The smallest absolute Gasteiger partial charge is 0.416 e. The van der Waals surface area contributed by atoms with Crippen molar-refractivity contribution < 1.29 is 50.5 Å². The van der Waals surface area contributed by atoms with Gasteiger partial charge in [0.1, 0.15) is 11.9 Å². The summed E-state index contributed by atoms with van der Waals surface area (Å²) in [5.74, 6) is -0.449. The third-order valence-corrected chi connectivity index (χ3v) is 9.89. The molecule has 3 aliphatic rings. The fraction of sp³-hybridized carbons (Fsp3) is 0.385. The van der Waals surface area contributed by atoms with Crippen molar-refractivity contribution in [2.45, 2.75) is 84.3 Å². The van der Waals surface area contributed by atoms with E-state index in [-0.39, 0.29) is 18.2 Å². The lowest BCUT2D eigenvalue weighted by Crippen LogP contribution is -2.35. The van der Waals surface area contributed by atoms with Gasteiger partial charge in [0.05, 0.1) is 24.3 Å². The lowest BCUT2D eigenvalue weighted by Gasteiger charge is -2.25. The third-order valence-electron chi connectivity index (χ3n) is 9.89. The number of methoxy groups -OCH3 is 1. The molecular formula is C39H39F6NO5. The topological polar surface area (TPSA) is 76.1 Å². The van der Waals surface area contributed by atoms with Gasteiger partial charge in [-0.05, 0) is 117 Å². The van der Waals surface area contributed by atoms with Gasteiger partial charge in [-0.3, -0.25) is 4.90 Å². The van der Waals surface area contributed by atoms with Crippen LogP contribution < -0.4 is 4.74 Å². The first-order valence-corrected chi connectivity index (χ1v) is 16.5. The van der Waals surface area contributed by atoms with Crippen LogP contribution >= 0.6 is 0 Å². The second kappa shape index (κ2) is 14.5. The highest BCUT2D eigenvalue weighted by atomic mass is 19.4. The number of cyclic esters (lactones) is 1.